The number of pyridine rings is 1. The fourth-order valence-corrected chi connectivity index (χ4v) is 3.04. The Morgan fingerprint density at radius 1 is 1.07 bits per heavy atom. The molecule has 0 saturated heterocycles. The van der Waals surface area contributed by atoms with E-state index in [4.69, 9.17) is 9.47 Å². The lowest BCUT2D eigenvalue weighted by molar-refractivity contribution is 0.0950. The molecule has 1 aliphatic heterocycles. The first-order valence-electron chi connectivity index (χ1n) is 9.28. The zero-order valence-corrected chi connectivity index (χ0v) is 15.7. The molecular weight excluding hydrogens is 373 g/mol. The van der Waals surface area contributed by atoms with Gasteiger partial charge in [0.2, 0.25) is 6.79 Å². The van der Waals surface area contributed by atoms with Crippen LogP contribution in [0.15, 0.2) is 60.9 Å². The summed E-state index contributed by atoms with van der Waals surface area (Å²) in [4.78, 5) is 16.6. The second kappa shape index (κ2) is 8.60. The molecule has 0 bridgehead atoms. The van der Waals surface area contributed by atoms with Gasteiger partial charge in [0.1, 0.15) is 5.82 Å². The highest BCUT2D eigenvalue weighted by atomic mass is 19.1. The smallest absolute Gasteiger partial charge is 0.253 e. The van der Waals surface area contributed by atoms with Crippen molar-refractivity contribution in [3.05, 3.63) is 83.4 Å². The molecule has 0 atom stereocenters. The van der Waals surface area contributed by atoms with Gasteiger partial charge < -0.3 is 20.1 Å². The molecule has 0 fully saturated rings. The molecule has 0 radical (unpaired) electrons. The maximum absolute atomic E-state index is 13.7. The molecule has 2 aromatic carbocycles. The van der Waals surface area contributed by atoms with E-state index in [1.165, 1.54) is 12.3 Å². The summed E-state index contributed by atoms with van der Waals surface area (Å²) in [7, 11) is 0. The molecule has 6 nitrogen and oxygen atoms in total. The van der Waals surface area contributed by atoms with Crippen LogP contribution in [0.4, 0.5) is 10.1 Å². The normalized spacial score (nSPS) is 11.9. The Labute approximate surface area is 167 Å². The number of halogens is 1. The van der Waals surface area contributed by atoms with E-state index in [0.717, 1.165) is 5.56 Å². The standard InChI is InChI=1S/C22H20FN3O3/c23-19-4-2-1-3-16(19)7-8-25-18-10-17(12-24-13-18)22(27)26-11-15-5-6-20-21(9-15)29-14-28-20/h1-6,9-10,12-13,25H,7-8,11,14H2,(H,26,27). The molecule has 0 unspecified atom stereocenters. The molecule has 1 aliphatic rings. The first-order chi connectivity index (χ1) is 14.2. The third-order valence-corrected chi connectivity index (χ3v) is 4.57. The fraction of sp³-hybridized carbons (Fsp3) is 0.182. The number of nitrogens with one attached hydrogen (secondary N) is 2. The van der Waals surface area contributed by atoms with Gasteiger partial charge in [-0.3, -0.25) is 9.78 Å². The summed E-state index contributed by atoms with van der Waals surface area (Å²) in [5, 5.41) is 6.05. The monoisotopic (exact) mass is 393 g/mol. The molecule has 3 aromatic rings. The van der Waals surface area contributed by atoms with Crippen LogP contribution < -0.4 is 20.1 Å². The maximum Gasteiger partial charge on any atom is 0.253 e. The van der Waals surface area contributed by atoms with Crippen molar-refractivity contribution in [2.75, 3.05) is 18.7 Å². The summed E-state index contributed by atoms with van der Waals surface area (Å²) in [6.07, 6.45) is 3.68. The van der Waals surface area contributed by atoms with Crippen molar-refractivity contribution < 1.29 is 18.7 Å². The summed E-state index contributed by atoms with van der Waals surface area (Å²) in [6, 6.07) is 14.0. The number of benzene rings is 2. The molecular formula is C22H20FN3O3. The molecule has 29 heavy (non-hydrogen) atoms. The first-order valence-corrected chi connectivity index (χ1v) is 9.28. The minimum atomic E-state index is -0.229. The highest BCUT2D eigenvalue weighted by Gasteiger charge is 2.14. The van der Waals surface area contributed by atoms with Gasteiger partial charge in [-0.1, -0.05) is 24.3 Å². The Morgan fingerprint density at radius 3 is 2.83 bits per heavy atom. The van der Waals surface area contributed by atoms with E-state index in [-0.39, 0.29) is 18.5 Å². The van der Waals surface area contributed by atoms with Gasteiger partial charge in [-0.05, 0) is 41.8 Å². The number of carbonyl (C=O) groups excluding carboxylic acids is 1. The third-order valence-electron chi connectivity index (χ3n) is 4.57. The number of anilines is 1. The second-order valence-electron chi connectivity index (χ2n) is 6.60. The van der Waals surface area contributed by atoms with Gasteiger partial charge in [0.25, 0.3) is 5.91 Å². The van der Waals surface area contributed by atoms with E-state index < -0.39 is 0 Å². The largest absolute Gasteiger partial charge is 0.454 e. The summed E-state index contributed by atoms with van der Waals surface area (Å²) >= 11 is 0. The van der Waals surface area contributed by atoms with Gasteiger partial charge in [0.15, 0.2) is 11.5 Å². The number of rotatable bonds is 7. The molecule has 148 valence electrons. The lowest BCUT2D eigenvalue weighted by Crippen LogP contribution is -2.23. The topological polar surface area (TPSA) is 72.5 Å². The van der Waals surface area contributed by atoms with E-state index in [1.54, 1.807) is 24.4 Å². The molecule has 4 rings (SSSR count). The highest BCUT2D eigenvalue weighted by molar-refractivity contribution is 5.94. The van der Waals surface area contributed by atoms with E-state index in [0.29, 0.717) is 47.8 Å². The van der Waals surface area contributed by atoms with Gasteiger partial charge in [-0.2, -0.15) is 0 Å². The van der Waals surface area contributed by atoms with Crippen molar-refractivity contribution >= 4 is 11.6 Å². The van der Waals surface area contributed by atoms with Crippen LogP contribution in [0.2, 0.25) is 0 Å². The zero-order chi connectivity index (χ0) is 20.1. The van der Waals surface area contributed by atoms with Gasteiger partial charge in [0.05, 0.1) is 11.3 Å². The Hall–Kier alpha value is -3.61. The van der Waals surface area contributed by atoms with Crippen LogP contribution in [0, 0.1) is 5.82 Å². The SMILES string of the molecule is O=C(NCc1ccc2c(c1)OCO2)c1cncc(NCCc2ccccc2F)c1. The molecule has 7 heteroatoms. The minimum absolute atomic E-state index is 0.216. The third kappa shape index (κ3) is 4.63. The van der Waals surface area contributed by atoms with Crippen molar-refractivity contribution in [1.29, 1.82) is 0 Å². The average molecular weight is 393 g/mol. The Balaban J connectivity index is 1.31. The van der Waals surface area contributed by atoms with Gasteiger partial charge in [-0.15, -0.1) is 0 Å². The predicted octanol–water partition coefficient (Wildman–Crippen LogP) is 3.53. The van der Waals surface area contributed by atoms with E-state index in [1.807, 2.05) is 24.3 Å². The van der Waals surface area contributed by atoms with E-state index >= 15 is 0 Å². The van der Waals surface area contributed by atoms with Crippen molar-refractivity contribution in [1.82, 2.24) is 10.3 Å². The van der Waals surface area contributed by atoms with Crippen LogP contribution in [-0.4, -0.2) is 24.2 Å². The predicted molar refractivity (Wildman–Crippen MR) is 107 cm³/mol. The van der Waals surface area contributed by atoms with Crippen LogP contribution in [0.3, 0.4) is 0 Å². The van der Waals surface area contributed by atoms with Crippen molar-refractivity contribution in [2.45, 2.75) is 13.0 Å². The van der Waals surface area contributed by atoms with Crippen molar-refractivity contribution in [2.24, 2.45) is 0 Å². The number of carbonyl (C=O) groups is 1. The lowest BCUT2D eigenvalue weighted by atomic mass is 10.1. The molecule has 0 saturated carbocycles. The van der Waals surface area contributed by atoms with Crippen LogP contribution in [0.5, 0.6) is 11.5 Å². The zero-order valence-electron chi connectivity index (χ0n) is 15.7. The highest BCUT2D eigenvalue weighted by Crippen LogP contribution is 2.32. The first kappa shape index (κ1) is 18.7. The van der Waals surface area contributed by atoms with Gasteiger partial charge in [-0.25, -0.2) is 4.39 Å². The average Bonchev–Trinajstić information content (AvgIpc) is 3.21. The quantitative estimate of drug-likeness (QED) is 0.643. The molecule has 2 N–H and O–H groups in total. The molecule has 2 heterocycles. The number of hydrogen-bond acceptors (Lipinski definition) is 5. The summed E-state index contributed by atoms with van der Waals surface area (Å²) in [5.74, 6) is 0.940. The van der Waals surface area contributed by atoms with Crippen LogP contribution in [0.1, 0.15) is 21.5 Å². The summed E-state index contributed by atoms with van der Waals surface area (Å²) in [5.41, 5.74) is 2.71. The number of hydrogen-bond donors (Lipinski definition) is 2. The Kier molecular flexibility index (Phi) is 5.56. The van der Waals surface area contributed by atoms with Crippen molar-refractivity contribution in [3.8, 4) is 11.5 Å². The van der Waals surface area contributed by atoms with Gasteiger partial charge in [0, 0.05) is 25.5 Å². The summed E-state index contributed by atoms with van der Waals surface area (Å²) in [6.45, 7) is 1.11. The van der Waals surface area contributed by atoms with Crippen LogP contribution >= 0.6 is 0 Å². The Morgan fingerprint density at radius 2 is 1.93 bits per heavy atom. The Bertz CT molecular complexity index is 1030. The summed E-state index contributed by atoms with van der Waals surface area (Å²) < 4.78 is 24.3. The second-order valence-corrected chi connectivity index (χ2v) is 6.60. The number of ether oxygens (including phenoxy) is 2. The molecule has 1 aromatic heterocycles. The van der Waals surface area contributed by atoms with E-state index in [2.05, 4.69) is 15.6 Å². The number of amides is 1. The fourth-order valence-electron chi connectivity index (χ4n) is 3.04. The van der Waals surface area contributed by atoms with Crippen molar-refractivity contribution in [3.63, 3.8) is 0 Å². The van der Waals surface area contributed by atoms with E-state index in [9.17, 15) is 9.18 Å². The molecule has 0 spiro atoms. The lowest BCUT2D eigenvalue weighted by Gasteiger charge is -2.09. The number of aromatic nitrogens is 1. The van der Waals surface area contributed by atoms with Gasteiger partial charge >= 0.3 is 0 Å². The minimum Gasteiger partial charge on any atom is -0.454 e. The molecule has 0 aliphatic carbocycles. The molecule has 1 amide bonds. The number of fused-ring (bicyclic) bond motifs is 1. The van der Waals surface area contributed by atoms with Crippen LogP contribution in [0.25, 0.3) is 0 Å². The maximum atomic E-state index is 13.7. The van der Waals surface area contributed by atoms with Crippen LogP contribution in [-0.2, 0) is 13.0 Å². The number of nitrogens with zero attached hydrogens (tertiary/aromatic N) is 1.